The van der Waals surface area contributed by atoms with E-state index >= 15 is 0 Å². The lowest BCUT2D eigenvalue weighted by Crippen LogP contribution is -2.32. The van der Waals surface area contributed by atoms with Crippen molar-refractivity contribution in [1.29, 1.82) is 0 Å². The van der Waals surface area contributed by atoms with E-state index in [-0.39, 0.29) is 5.91 Å². The molecule has 2 heterocycles. The Morgan fingerprint density at radius 3 is 2.40 bits per heavy atom. The third-order valence-corrected chi connectivity index (χ3v) is 4.44. The predicted octanol–water partition coefficient (Wildman–Crippen LogP) is 5.16. The molecular weight excluding hydrogens is 357 g/mol. The van der Waals surface area contributed by atoms with E-state index in [9.17, 15) is 4.79 Å². The minimum absolute atomic E-state index is 0.0973. The molecule has 0 fully saturated rings. The van der Waals surface area contributed by atoms with Gasteiger partial charge in [0, 0.05) is 27.6 Å². The Kier molecular flexibility index (Phi) is 4.07. The maximum atomic E-state index is 12.9. The molecule has 4 rings (SSSR count). The van der Waals surface area contributed by atoms with E-state index in [1.807, 2.05) is 30.3 Å². The first-order chi connectivity index (χ1) is 12.1. The van der Waals surface area contributed by atoms with Gasteiger partial charge in [0.05, 0.1) is 11.3 Å². The lowest BCUT2D eigenvalue weighted by Gasteiger charge is -2.26. The standard InChI is InChI=1S/C19H13Cl2N3O/c20-12-9-13(21)11-14(10-12)23-18-17-16(7-4-8-22-17)19(25)24(18)15-5-2-1-3-6-15/h1-11,18,23H/t18-/m0/s1. The summed E-state index contributed by atoms with van der Waals surface area (Å²) in [5, 5.41) is 4.37. The van der Waals surface area contributed by atoms with Gasteiger partial charge in [0.25, 0.3) is 5.91 Å². The van der Waals surface area contributed by atoms with E-state index in [0.717, 1.165) is 11.4 Å². The van der Waals surface area contributed by atoms with E-state index in [2.05, 4.69) is 10.3 Å². The van der Waals surface area contributed by atoms with E-state index in [0.29, 0.717) is 21.3 Å². The number of hydrogen-bond acceptors (Lipinski definition) is 3. The molecule has 6 heteroatoms. The van der Waals surface area contributed by atoms with Gasteiger partial charge in [-0.2, -0.15) is 0 Å². The van der Waals surface area contributed by atoms with Crippen molar-refractivity contribution < 1.29 is 4.79 Å². The van der Waals surface area contributed by atoms with Gasteiger partial charge >= 0.3 is 0 Å². The molecule has 3 aromatic rings. The number of carbonyl (C=O) groups excluding carboxylic acids is 1. The summed E-state index contributed by atoms with van der Waals surface area (Å²) in [5.74, 6) is -0.0973. The van der Waals surface area contributed by atoms with Crippen LogP contribution >= 0.6 is 23.2 Å². The minimum Gasteiger partial charge on any atom is -0.360 e. The number of halogens is 2. The second-order valence-corrected chi connectivity index (χ2v) is 6.52. The van der Waals surface area contributed by atoms with E-state index < -0.39 is 6.17 Å². The van der Waals surface area contributed by atoms with Gasteiger partial charge in [-0.25, -0.2) is 0 Å². The molecule has 1 amide bonds. The number of anilines is 2. The Balaban J connectivity index is 1.79. The van der Waals surface area contributed by atoms with Crippen molar-refractivity contribution >= 4 is 40.5 Å². The van der Waals surface area contributed by atoms with Crippen LogP contribution in [0.4, 0.5) is 11.4 Å². The number of para-hydroxylation sites is 1. The van der Waals surface area contributed by atoms with Crippen molar-refractivity contribution in [1.82, 2.24) is 4.98 Å². The Bertz CT molecular complexity index is 926. The van der Waals surface area contributed by atoms with Gasteiger partial charge in [-0.1, -0.05) is 41.4 Å². The number of amides is 1. The van der Waals surface area contributed by atoms with Gasteiger partial charge in [0.1, 0.15) is 0 Å². The first-order valence-corrected chi connectivity index (χ1v) is 8.45. The van der Waals surface area contributed by atoms with Gasteiger partial charge in [-0.3, -0.25) is 14.7 Å². The monoisotopic (exact) mass is 369 g/mol. The molecule has 2 aromatic carbocycles. The van der Waals surface area contributed by atoms with Crippen molar-refractivity contribution in [2.45, 2.75) is 6.17 Å². The van der Waals surface area contributed by atoms with Crippen LogP contribution in [0.1, 0.15) is 22.2 Å². The zero-order valence-corrected chi connectivity index (χ0v) is 14.5. The van der Waals surface area contributed by atoms with E-state index in [1.165, 1.54) is 0 Å². The van der Waals surface area contributed by atoms with Crippen LogP contribution in [-0.4, -0.2) is 10.9 Å². The highest BCUT2D eigenvalue weighted by molar-refractivity contribution is 6.35. The molecule has 1 aliphatic heterocycles. The quantitative estimate of drug-likeness (QED) is 0.693. The van der Waals surface area contributed by atoms with Gasteiger partial charge < -0.3 is 5.32 Å². The number of carbonyl (C=O) groups is 1. The third kappa shape index (κ3) is 2.95. The first kappa shape index (κ1) is 15.9. The summed E-state index contributed by atoms with van der Waals surface area (Å²) in [6.45, 7) is 0. The largest absolute Gasteiger partial charge is 0.360 e. The van der Waals surface area contributed by atoms with Gasteiger partial charge in [-0.15, -0.1) is 0 Å². The summed E-state index contributed by atoms with van der Waals surface area (Å²) < 4.78 is 0. The van der Waals surface area contributed by atoms with Crippen molar-refractivity contribution in [2.24, 2.45) is 0 Å². The van der Waals surface area contributed by atoms with Crippen LogP contribution < -0.4 is 10.2 Å². The fraction of sp³-hybridized carbons (Fsp3) is 0.0526. The van der Waals surface area contributed by atoms with Crippen LogP contribution in [0.2, 0.25) is 10.0 Å². The number of fused-ring (bicyclic) bond motifs is 1. The molecule has 0 radical (unpaired) electrons. The van der Waals surface area contributed by atoms with Crippen LogP contribution in [-0.2, 0) is 0 Å². The molecule has 4 nitrogen and oxygen atoms in total. The molecule has 0 bridgehead atoms. The summed E-state index contributed by atoms with van der Waals surface area (Å²) in [5.41, 5.74) is 2.76. The van der Waals surface area contributed by atoms with Crippen LogP contribution in [0.25, 0.3) is 0 Å². The van der Waals surface area contributed by atoms with Crippen molar-refractivity contribution in [2.75, 3.05) is 10.2 Å². The molecule has 1 aromatic heterocycles. The molecule has 0 saturated heterocycles. The second kappa shape index (κ2) is 6.39. The average molecular weight is 370 g/mol. The van der Waals surface area contributed by atoms with Gasteiger partial charge in [-0.05, 0) is 42.5 Å². The maximum Gasteiger partial charge on any atom is 0.262 e. The fourth-order valence-corrected chi connectivity index (χ4v) is 3.49. The van der Waals surface area contributed by atoms with E-state index in [4.69, 9.17) is 23.2 Å². The fourth-order valence-electron chi connectivity index (χ4n) is 2.97. The molecule has 0 aliphatic carbocycles. The Morgan fingerprint density at radius 1 is 0.960 bits per heavy atom. The maximum absolute atomic E-state index is 12.9. The zero-order chi connectivity index (χ0) is 17.4. The van der Waals surface area contributed by atoms with Crippen LogP contribution in [0.3, 0.4) is 0 Å². The van der Waals surface area contributed by atoms with Crippen molar-refractivity contribution in [3.05, 3.63) is 88.2 Å². The number of pyridine rings is 1. The number of aromatic nitrogens is 1. The van der Waals surface area contributed by atoms with E-state index in [1.54, 1.807) is 41.4 Å². The first-order valence-electron chi connectivity index (χ1n) is 7.69. The van der Waals surface area contributed by atoms with Crippen LogP contribution in [0.5, 0.6) is 0 Å². The number of rotatable bonds is 3. The molecular formula is C19H13Cl2N3O. The number of nitrogens with zero attached hydrogens (tertiary/aromatic N) is 2. The molecule has 124 valence electrons. The highest BCUT2D eigenvalue weighted by Crippen LogP contribution is 2.37. The van der Waals surface area contributed by atoms with Gasteiger partial charge in [0.2, 0.25) is 0 Å². The normalized spacial score (nSPS) is 16.0. The Labute approximate surface area is 155 Å². The molecule has 0 spiro atoms. The van der Waals surface area contributed by atoms with Gasteiger partial charge in [0.15, 0.2) is 6.17 Å². The molecule has 1 aliphatic rings. The summed E-state index contributed by atoms with van der Waals surface area (Å²) in [6, 6.07) is 18.2. The molecule has 25 heavy (non-hydrogen) atoms. The molecule has 0 unspecified atom stereocenters. The summed E-state index contributed by atoms with van der Waals surface area (Å²) in [7, 11) is 0. The lowest BCUT2D eigenvalue weighted by atomic mass is 10.2. The Morgan fingerprint density at radius 2 is 1.68 bits per heavy atom. The Hall–Kier alpha value is -2.56. The predicted molar refractivity (Wildman–Crippen MR) is 100 cm³/mol. The average Bonchev–Trinajstić information content (AvgIpc) is 2.87. The summed E-state index contributed by atoms with van der Waals surface area (Å²) in [4.78, 5) is 19.0. The summed E-state index contributed by atoms with van der Waals surface area (Å²) in [6.07, 6.45) is 1.24. The van der Waals surface area contributed by atoms with Crippen LogP contribution in [0, 0.1) is 0 Å². The summed E-state index contributed by atoms with van der Waals surface area (Å²) >= 11 is 12.2. The van der Waals surface area contributed by atoms with Crippen molar-refractivity contribution in [3.8, 4) is 0 Å². The van der Waals surface area contributed by atoms with Crippen LogP contribution in [0.15, 0.2) is 66.9 Å². The number of nitrogens with one attached hydrogen (secondary N) is 1. The third-order valence-electron chi connectivity index (χ3n) is 4.01. The molecule has 0 saturated carbocycles. The highest BCUT2D eigenvalue weighted by atomic mass is 35.5. The minimum atomic E-state index is -0.444. The molecule has 1 N–H and O–H groups in total. The number of benzene rings is 2. The SMILES string of the molecule is O=C1c2cccnc2[C@@H](Nc2cc(Cl)cc(Cl)c2)N1c1ccccc1. The highest BCUT2D eigenvalue weighted by Gasteiger charge is 2.38. The second-order valence-electron chi connectivity index (χ2n) is 5.65. The smallest absolute Gasteiger partial charge is 0.262 e. The van der Waals surface area contributed by atoms with Crippen molar-refractivity contribution in [3.63, 3.8) is 0 Å². The lowest BCUT2D eigenvalue weighted by molar-refractivity contribution is 0.0993. The molecule has 1 atom stereocenters. The topological polar surface area (TPSA) is 45.2 Å². The number of hydrogen-bond donors (Lipinski definition) is 1. The zero-order valence-electron chi connectivity index (χ0n) is 13.0.